The van der Waals surface area contributed by atoms with Crippen molar-refractivity contribution >= 4 is 5.95 Å². The first kappa shape index (κ1) is 14.6. The van der Waals surface area contributed by atoms with Gasteiger partial charge in [-0.05, 0) is 19.8 Å². The topological polar surface area (TPSA) is 47.7 Å². The number of nitrogens with one attached hydrogen (secondary N) is 1. The van der Waals surface area contributed by atoms with Gasteiger partial charge in [-0.15, -0.1) is 0 Å². The largest absolute Gasteiger partial charge is 0.351 e. The van der Waals surface area contributed by atoms with E-state index in [2.05, 4.69) is 46.2 Å². The molecule has 0 bridgehead atoms. The number of rotatable bonds is 7. The molecular formula is C15H25N5. The molecule has 2 aromatic rings. The molecule has 0 fully saturated rings. The summed E-state index contributed by atoms with van der Waals surface area (Å²) < 4.78 is 4.09. The SMILES string of the molecule is CCCCn1cc(C)nc1NCc1cn(C)nc1CC. The van der Waals surface area contributed by atoms with Gasteiger partial charge in [0.15, 0.2) is 0 Å². The van der Waals surface area contributed by atoms with Gasteiger partial charge in [0.2, 0.25) is 5.95 Å². The molecule has 0 aliphatic heterocycles. The lowest BCUT2D eigenvalue weighted by Gasteiger charge is -2.09. The smallest absolute Gasteiger partial charge is 0.203 e. The van der Waals surface area contributed by atoms with E-state index in [-0.39, 0.29) is 0 Å². The van der Waals surface area contributed by atoms with Crippen molar-refractivity contribution < 1.29 is 0 Å². The molecule has 0 spiro atoms. The normalized spacial score (nSPS) is 11.0. The second-order valence-corrected chi connectivity index (χ2v) is 5.23. The van der Waals surface area contributed by atoms with Crippen LogP contribution in [0.25, 0.3) is 0 Å². The average molecular weight is 275 g/mol. The summed E-state index contributed by atoms with van der Waals surface area (Å²) in [5.41, 5.74) is 3.46. The third kappa shape index (κ3) is 3.40. The van der Waals surface area contributed by atoms with E-state index in [4.69, 9.17) is 0 Å². The maximum Gasteiger partial charge on any atom is 0.203 e. The Bertz CT molecular complexity index is 553. The van der Waals surface area contributed by atoms with Crippen molar-refractivity contribution in [3.8, 4) is 0 Å². The fourth-order valence-electron chi connectivity index (χ4n) is 2.39. The molecule has 2 heterocycles. The average Bonchev–Trinajstić information content (AvgIpc) is 2.96. The quantitative estimate of drug-likeness (QED) is 0.845. The van der Waals surface area contributed by atoms with E-state index in [9.17, 15) is 0 Å². The minimum absolute atomic E-state index is 0.777. The van der Waals surface area contributed by atoms with Crippen LogP contribution in [0.4, 0.5) is 5.95 Å². The lowest BCUT2D eigenvalue weighted by Crippen LogP contribution is -2.08. The summed E-state index contributed by atoms with van der Waals surface area (Å²) in [6.07, 6.45) is 7.53. The van der Waals surface area contributed by atoms with Crippen LogP contribution in [0, 0.1) is 6.92 Å². The van der Waals surface area contributed by atoms with Crippen molar-refractivity contribution in [2.24, 2.45) is 7.05 Å². The van der Waals surface area contributed by atoms with Crippen molar-refractivity contribution in [2.45, 2.75) is 53.1 Å². The van der Waals surface area contributed by atoms with Crippen LogP contribution in [0.15, 0.2) is 12.4 Å². The van der Waals surface area contributed by atoms with Gasteiger partial charge in [-0.2, -0.15) is 5.10 Å². The molecule has 0 unspecified atom stereocenters. The summed E-state index contributed by atoms with van der Waals surface area (Å²) >= 11 is 0. The Kier molecular flexibility index (Phi) is 4.82. The van der Waals surface area contributed by atoms with Crippen molar-refractivity contribution in [3.63, 3.8) is 0 Å². The van der Waals surface area contributed by atoms with Crippen LogP contribution in [-0.2, 0) is 26.6 Å². The van der Waals surface area contributed by atoms with E-state index in [1.165, 1.54) is 18.4 Å². The second kappa shape index (κ2) is 6.59. The Balaban J connectivity index is 2.06. The monoisotopic (exact) mass is 275 g/mol. The lowest BCUT2D eigenvalue weighted by molar-refractivity contribution is 0.634. The van der Waals surface area contributed by atoms with Crippen LogP contribution >= 0.6 is 0 Å². The van der Waals surface area contributed by atoms with Crippen LogP contribution < -0.4 is 5.32 Å². The van der Waals surface area contributed by atoms with Crippen LogP contribution in [0.3, 0.4) is 0 Å². The maximum absolute atomic E-state index is 4.57. The van der Waals surface area contributed by atoms with Gasteiger partial charge < -0.3 is 9.88 Å². The molecule has 5 heteroatoms. The van der Waals surface area contributed by atoms with Gasteiger partial charge in [-0.3, -0.25) is 4.68 Å². The van der Waals surface area contributed by atoms with Crippen molar-refractivity contribution in [2.75, 3.05) is 5.32 Å². The highest BCUT2D eigenvalue weighted by molar-refractivity contribution is 5.31. The van der Waals surface area contributed by atoms with Crippen LogP contribution in [0.5, 0.6) is 0 Å². The fourth-order valence-corrected chi connectivity index (χ4v) is 2.39. The van der Waals surface area contributed by atoms with Gasteiger partial charge >= 0.3 is 0 Å². The minimum Gasteiger partial charge on any atom is -0.351 e. The molecule has 0 aromatic carbocycles. The van der Waals surface area contributed by atoms with E-state index in [0.717, 1.165) is 36.8 Å². The molecule has 0 saturated heterocycles. The predicted octanol–water partition coefficient (Wildman–Crippen LogP) is 2.90. The first-order valence-corrected chi connectivity index (χ1v) is 7.43. The number of aryl methyl sites for hydroxylation is 4. The van der Waals surface area contributed by atoms with Gasteiger partial charge in [0.25, 0.3) is 0 Å². The molecule has 20 heavy (non-hydrogen) atoms. The van der Waals surface area contributed by atoms with Gasteiger partial charge in [0.1, 0.15) is 0 Å². The van der Waals surface area contributed by atoms with E-state index in [1.807, 2.05) is 18.7 Å². The van der Waals surface area contributed by atoms with Crippen molar-refractivity contribution in [1.29, 1.82) is 0 Å². The van der Waals surface area contributed by atoms with Gasteiger partial charge in [-0.25, -0.2) is 4.98 Å². The first-order chi connectivity index (χ1) is 9.63. The number of hydrogen-bond acceptors (Lipinski definition) is 3. The number of aromatic nitrogens is 4. The van der Waals surface area contributed by atoms with E-state index in [1.54, 1.807) is 0 Å². The van der Waals surface area contributed by atoms with E-state index in [0.29, 0.717) is 0 Å². The number of nitrogens with zero attached hydrogens (tertiary/aromatic N) is 4. The highest BCUT2D eigenvalue weighted by Crippen LogP contribution is 2.13. The molecule has 2 aromatic heterocycles. The first-order valence-electron chi connectivity index (χ1n) is 7.43. The summed E-state index contributed by atoms with van der Waals surface area (Å²) in [5, 5.41) is 7.91. The van der Waals surface area contributed by atoms with Gasteiger partial charge in [0, 0.05) is 38.1 Å². The molecule has 110 valence electrons. The van der Waals surface area contributed by atoms with Gasteiger partial charge in [-0.1, -0.05) is 20.3 Å². The Morgan fingerprint density at radius 2 is 2.05 bits per heavy atom. The van der Waals surface area contributed by atoms with Crippen LogP contribution in [-0.4, -0.2) is 19.3 Å². The zero-order valence-corrected chi connectivity index (χ0v) is 13.0. The molecular weight excluding hydrogens is 250 g/mol. The minimum atomic E-state index is 0.777. The maximum atomic E-state index is 4.57. The fraction of sp³-hybridized carbons (Fsp3) is 0.600. The zero-order valence-electron chi connectivity index (χ0n) is 13.0. The van der Waals surface area contributed by atoms with Gasteiger partial charge in [0.05, 0.1) is 11.4 Å². The lowest BCUT2D eigenvalue weighted by atomic mass is 10.2. The number of hydrogen-bond donors (Lipinski definition) is 1. The molecule has 2 rings (SSSR count). The summed E-state index contributed by atoms with van der Waals surface area (Å²) in [4.78, 5) is 4.57. The zero-order chi connectivity index (χ0) is 14.5. The standard InChI is InChI=1S/C15H25N5/c1-5-7-8-20-10-12(3)17-15(20)16-9-13-11-19(4)18-14(13)6-2/h10-11H,5-9H2,1-4H3,(H,16,17). The summed E-state index contributed by atoms with van der Waals surface area (Å²) in [5.74, 6) is 0.960. The number of imidazole rings is 1. The van der Waals surface area contributed by atoms with Crippen LogP contribution in [0.2, 0.25) is 0 Å². The molecule has 0 aliphatic carbocycles. The molecule has 0 amide bonds. The highest BCUT2D eigenvalue weighted by atomic mass is 15.3. The summed E-state index contributed by atoms with van der Waals surface area (Å²) in [7, 11) is 1.97. The third-order valence-electron chi connectivity index (χ3n) is 3.41. The summed E-state index contributed by atoms with van der Waals surface area (Å²) in [6, 6.07) is 0. The highest BCUT2D eigenvalue weighted by Gasteiger charge is 2.08. The number of unbranched alkanes of at least 4 members (excludes halogenated alkanes) is 1. The van der Waals surface area contributed by atoms with Crippen molar-refractivity contribution in [1.82, 2.24) is 19.3 Å². The third-order valence-corrected chi connectivity index (χ3v) is 3.41. The molecule has 0 aliphatic rings. The molecule has 1 N–H and O–H groups in total. The van der Waals surface area contributed by atoms with E-state index < -0.39 is 0 Å². The molecule has 0 radical (unpaired) electrons. The Labute approximate surface area is 121 Å². The Morgan fingerprint density at radius 1 is 1.25 bits per heavy atom. The van der Waals surface area contributed by atoms with Crippen LogP contribution in [0.1, 0.15) is 43.6 Å². The number of anilines is 1. The molecule has 0 atom stereocenters. The van der Waals surface area contributed by atoms with Crippen molar-refractivity contribution in [3.05, 3.63) is 29.3 Å². The molecule has 0 saturated carbocycles. The predicted molar refractivity (Wildman–Crippen MR) is 81.8 cm³/mol. The second-order valence-electron chi connectivity index (χ2n) is 5.23. The summed E-state index contributed by atoms with van der Waals surface area (Å²) in [6.45, 7) is 8.18. The molecule has 5 nitrogen and oxygen atoms in total. The Hall–Kier alpha value is -1.78. The van der Waals surface area contributed by atoms with E-state index >= 15 is 0 Å². The Morgan fingerprint density at radius 3 is 2.75 bits per heavy atom.